The third-order valence-corrected chi connectivity index (χ3v) is 5.21. The molecule has 12 heteroatoms. The van der Waals surface area contributed by atoms with Crippen molar-refractivity contribution >= 4 is 30.3 Å². The number of aliphatic imine (C=N–C) groups is 2. The van der Waals surface area contributed by atoms with Gasteiger partial charge in [-0.3, -0.25) is 0 Å². The van der Waals surface area contributed by atoms with Crippen molar-refractivity contribution in [3.8, 4) is 17.2 Å². The Hall–Kier alpha value is -5.39. The molecule has 0 saturated carbocycles. The molecule has 0 bridgehead atoms. The van der Waals surface area contributed by atoms with Gasteiger partial charge in [0.2, 0.25) is 0 Å². The second-order valence-corrected chi connectivity index (χ2v) is 7.70. The Labute approximate surface area is 222 Å². The van der Waals surface area contributed by atoms with Crippen LogP contribution in [0.1, 0.15) is 31.1 Å². The lowest BCUT2D eigenvalue weighted by molar-refractivity contribution is -0.0932. The number of benzene rings is 3. The molecule has 12 nitrogen and oxygen atoms in total. The quantitative estimate of drug-likeness (QED) is 0.313. The maximum atomic E-state index is 11.7. The van der Waals surface area contributed by atoms with Crippen molar-refractivity contribution in [2.45, 2.75) is 6.35 Å². The van der Waals surface area contributed by atoms with Crippen molar-refractivity contribution < 1.29 is 42.9 Å². The molecule has 0 aromatic heterocycles. The smallest absolute Gasteiger partial charge is 0.337 e. The number of hydrogen-bond donors (Lipinski definition) is 0. The predicted molar refractivity (Wildman–Crippen MR) is 137 cm³/mol. The number of amidine groups is 1. The molecule has 0 spiro atoms. The van der Waals surface area contributed by atoms with Gasteiger partial charge in [0.1, 0.15) is 17.8 Å². The van der Waals surface area contributed by atoms with E-state index >= 15 is 0 Å². The molecule has 0 radical (unpaired) electrons. The summed E-state index contributed by atoms with van der Waals surface area (Å²) in [7, 11) is 3.88. The molecular formula is C27H23N3O9. The Bertz CT molecular complexity index is 1390. The molecule has 1 atom stereocenters. The average molecular weight is 533 g/mol. The molecule has 200 valence electrons. The molecule has 0 saturated heterocycles. The van der Waals surface area contributed by atoms with Crippen LogP contribution in [0.4, 0.5) is 0 Å². The molecule has 4 rings (SSSR count). The zero-order chi connectivity index (χ0) is 27.8. The molecule has 0 fully saturated rings. The van der Waals surface area contributed by atoms with Crippen LogP contribution in [0, 0.1) is 0 Å². The number of hydroxylamine groups is 2. The van der Waals surface area contributed by atoms with Crippen LogP contribution in [-0.4, -0.2) is 63.0 Å². The van der Waals surface area contributed by atoms with Gasteiger partial charge >= 0.3 is 30.3 Å². The number of carbonyl (C=O) groups is 3. The van der Waals surface area contributed by atoms with Gasteiger partial charge in [0, 0.05) is 0 Å². The van der Waals surface area contributed by atoms with Crippen molar-refractivity contribution in [3.05, 3.63) is 89.5 Å². The summed E-state index contributed by atoms with van der Waals surface area (Å²) in [6.45, 7) is 0. The van der Waals surface area contributed by atoms with Gasteiger partial charge in [0.15, 0.2) is 5.75 Å². The topological polar surface area (TPSA) is 135 Å². The fraction of sp³-hybridized carbons (Fsp3) is 0.148. The van der Waals surface area contributed by atoms with Crippen LogP contribution in [0.25, 0.3) is 0 Å². The van der Waals surface area contributed by atoms with Crippen LogP contribution >= 0.6 is 0 Å². The molecule has 0 aliphatic carbocycles. The normalized spacial score (nSPS) is 14.1. The molecule has 1 aliphatic heterocycles. The van der Waals surface area contributed by atoms with Gasteiger partial charge in [0.05, 0.1) is 38.0 Å². The van der Waals surface area contributed by atoms with Gasteiger partial charge in [-0.2, -0.15) is 9.98 Å². The van der Waals surface area contributed by atoms with Crippen LogP contribution in [0.2, 0.25) is 0 Å². The summed E-state index contributed by atoms with van der Waals surface area (Å²) in [5.74, 6) is -0.353. The average Bonchev–Trinajstić information content (AvgIpc) is 2.98. The molecule has 39 heavy (non-hydrogen) atoms. The largest absolute Gasteiger partial charge is 0.465 e. The Morgan fingerprint density at radius 1 is 0.641 bits per heavy atom. The van der Waals surface area contributed by atoms with Gasteiger partial charge in [-0.1, -0.05) is 0 Å². The molecule has 3 aromatic rings. The van der Waals surface area contributed by atoms with E-state index in [-0.39, 0.29) is 6.02 Å². The molecule has 3 aromatic carbocycles. The minimum Gasteiger partial charge on any atom is -0.465 e. The standard InChI is InChI=1S/C27H23N3O9/c1-34-23(31)17-4-10-20(11-5-17)37-26-28-16-30(39-22-14-8-19(9-15-22)25(33)36-3)27(29-26)38-21-12-6-18(7-13-21)24(32)35-2/h4-16,27H,1-3H3. The molecule has 1 heterocycles. The fourth-order valence-corrected chi connectivity index (χ4v) is 3.23. The summed E-state index contributed by atoms with van der Waals surface area (Å²) in [6, 6.07) is 18.6. The molecule has 0 N–H and O–H groups in total. The first-order valence-electron chi connectivity index (χ1n) is 11.4. The predicted octanol–water partition coefficient (Wildman–Crippen LogP) is 3.48. The highest BCUT2D eigenvalue weighted by Crippen LogP contribution is 2.22. The first-order chi connectivity index (χ1) is 18.9. The first-order valence-corrected chi connectivity index (χ1v) is 11.4. The third kappa shape index (κ3) is 6.68. The second kappa shape index (κ2) is 12.2. The minimum atomic E-state index is -1.10. The van der Waals surface area contributed by atoms with E-state index < -0.39 is 24.3 Å². The SMILES string of the molecule is COC(=O)c1ccc(OC2=NC(Oc3ccc(C(=O)OC)cc3)N(Oc3ccc(C(=O)OC)cc3)C=N2)cc1. The van der Waals surface area contributed by atoms with Crippen LogP contribution in [0.15, 0.2) is 82.8 Å². The maximum Gasteiger partial charge on any atom is 0.337 e. The number of carbonyl (C=O) groups excluding carboxylic acids is 3. The van der Waals surface area contributed by atoms with E-state index in [4.69, 9.17) is 28.5 Å². The number of esters is 3. The summed E-state index contributed by atoms with van der Waals surface area (Å²) in [4.78, 5) is 49.5. The second-order valence-electron chi connectivity index (χ2n) is 7.70. The lowest BCUT2D eigenvalue weighted by Gasteiger charge is -2.28. The van der Waals surface area contributed by atoms with Crippen LogP contribution in [0.5, 0.6) is 17.2 Å². The zero-order valence-electron chi connectivity index (χ0n) is 21.1. The fourth-order valence-electron chi connectivity index (χ4n) is 3.23. The summed E-state index contributed by atoms with van der Waals surface area (Å²) < 4.78 is 25.8. The summed E-state index contributed by atoms with van der Waals surface area (Å²) in [6.07, 6.45) is 0.212. The van der Waals surface area contributed by atoms with Gasteiger partial charge < -0.3 is 28.5 Å². The molecule has 1 unspecified atom stereocenters. The van der Waals surface area contributed by atoms with Crippen LogP contribution in [0.3, 0.4) is 0 Å². The van der Waals surface area contributed by atoms with Crippen molar-refractivity contribution in [2.75, 3.05) is 21.3 Å². The van der Waals surface area contributed by atoms with Gasteiger partial charge in [-0.05, 0) is 72.8 Å². The highest BCUT2D eigenvalue weighted by Gasteiger charge is 2.25. The van der Waals surface area contributed by atoms with Gasteiger partial charge in [0.25, 0.3) is 0 Å². The van der Waals surface area contributed by atoms with Gasteiger partial charge in [-0.25, -0.2) is 14.4 Å². The number of methoxy groups -OCH3 is 3. The number of ether oxygens (including phenoxy) is 5. The molecular weight excluding hydrogens is 510 g/mol. The molecule has 1 aliphatic rings. The van der Waals surface area contributed by atoms with Crippen LogP contribution < -0.4 is 14.3 Å². The number of hydrogen-bond acceptors (Lipinski definition) is 12. The van der Waals surface area contributed by atoms with E-state index in [1.807, 2.05) is 0 Å². The number of nitrogens with zero attached hydrogens (tertiary/aromatic N) is 3. The number of rotatable bonds is 8. The van der Waals surface area contributed by atoms with E-state index in [2.05, 4.69) is 9.98 Å². The highest BCUT2D eigenvalue weighted by atomic mass is 16.7. The zero-order valence-corrected chi connectivity index (χ0v) is 21.1. The van der Waals surface area contributed by atoms with E-state index in [0.717, 1.165) is 0 Å². The highest BCUT2D eigenvalue weighted by molar-refractivity contribution is 5.91. The lowest BCUT2D eigenvalue weighted by Crippen LogP contribution is -2.43. The Morgan fingerprint density at radius 3 is 1.54 bits per heavy atom. The van der Waals surface area contributed by atoms with E-state index in [1.54, 1.807) is 72.8 Å². The monoisotopic (exact) mass is 533 g/mol. The van der Waals surface area contributed by atoms with Crippen molar-refractivity contribution in [3.63, 3.8) is 0 Å². The van der Waals surface area contributed by atoms with Gasteiger partial charge in [-0.15, -0.1) is 5.06 Å². The van der Waals surface area contributed by atoms with Crippen molar-refractivity contribution in [2.24, 2.45) is 9.98 Å². The Balaban J connectivity index is 1.54. The van der Waals surface area contributed by atoms with E-state index in [1.165, 1.54) is 32.7 Å². The summed E-state index contributed by atoms with van der Waals surface area (Å²) >= 11 is 0. The van der Waals surface area contributed by atoms with Crippen molar-refractivity contribution in [1.82, 2.24) is 5.06 Å². The minimum absolute atomic E-state index is 0.0436. The van der Waals surface area contributed by atoms with Crippen LogP contribution in [-0.2, 0) is 14.2 Å². The third-order valence-electron chi connectivity index (χ3n) is 5.21. The molecule has 0 amide bonds. The van der Waals surface area contributed by atoms with E-state index in [0.29, 0.717) is 33.9 Å². The first kappa shape index (κ1) is 26.7. The summed E-state index contributed by atoms with van der Waals surface area (Å²) in [5, 5.41) is 1.23. The maximum absolute atomic E-state index is 11.7. The Morgan fingerprint density at radius 2 is 1.08 bits per heavy atom. The Kier molecular flexibility index (Phi) is 8.36. The van der Waals surface area contributed by atoms with Crippen molar-refractivity contribution in [1.29, 1.82) is 0 Å². The lowest BCUT2D eigenvalue weighted by atomic mass is 10.2. The summed E-state index contributed by atoms with van der Waals surface area (Å²) in [5.41, 5.74) is 1.05. The van der Waals surface area contributed by atoms with E-state index in [9.17, 15) is 14.4 Å².